The van der Waals surface area contributed by atoms with Crippen molar-refractivity contribution in [2.24, 2.45) is 0 Å². The third kappa shape index (κ3) is 5.09. The third-order valence-corrected chi connectivity index (χ3v) is 3.76. The Morgan fingerprint density at radius 1 is 1.35 bits per heavy atom. The minimum absolute atomic E-state index is 0.0180. The molecule has 0 saturated carbocycles. The summed E-state index contributed by atoms with van der Waals surface area (Å²) in [6.45, 7) is 1.64. The van der Waals surface area contributed by atoms with E-state index in [9.17, 15) is 25.1 Å². The van der Waals surface area contributed by atoms with Crippen LogP contribution in [0.25, 0.3) is 10.8 Å². The van der Waals surface area contributed by atoms with E-state index in [4.69, 9.17) is 0 Å². The van der Waals surface area contributed by atoms with E-state index in [1.165, 1.54) is 13.0 Å². The summed E-state index contributed by atoms with van der Waals surface area (Å²) in [5.41, 5.74) is -0.413. The van der Waals surface area contributed by atoms with Crippen LogP contribution in [0.4, 0.5) is 5.82 Å². The molecule has 0 radical (unpaired) electrons. The first-order chi connectivity index (χ1) is 12.4. The molecule has 0 aliphatic heterocycles. The molecule has 0 aliphatic carbocycles. The van der Waals surface area contributed by atoms with Crippen LogP contribution in [0, 0.1) is 10.1 Å². The van der Waals surface area contributed by atoms with E-state index < -0.39 is 17.3 Å². The summed E-state index contributed by atoms with van der Waals surface area (Å²) in [5.74, 6) is 0.421. The van der Waals surface area contributed by atoms with Crippen LogP contribution in [0.15, 0.2) is 40.8 Å². The van der Waals surface area contributed by atoms with Crippen molar-refractivity contribution in [1.82, 2.24) is 15.5 Å². The molecule has 0 fully saturated rings. The van der Waals surface area contributed by atoms with Gasteiger partial charge in [-0.2, -0.15) is 5.10 Å². The first-order valence-corrected chi connectivity index (χ1v) is 8.02. The summed E-state index contributed by atoms with van der Waals surface area (Å²) in [6, 6.07) is 6.93. The Labute approximate surface area is 148 Å². The molecule has 140 valence electrons. The third-order valence-electron chi connectivity index (χ3n) is 3.76. The standard InChI is InChI=1S/C16H21N5O5/c1-2-10(21(25)26)7-14(23)17-8-11(22)9-18-15-12-5-3-4-6-13(12)16(24)20-19-15/h2-6,11,14,17,22-23H,7-9H2,1H3,(H,18,19)(H,20,24)/b10-2+. The van der Waals surface area contributed by atoms with Crippen molar-refractivity contribution in [3.8, 4) is 0 Å². The first kappa shape index (κ1) is 19.5. The Bertz CT molecular complexity index is 850. The normalized spacial score (nSPS) is 14.2. The van der Waals surface area contributed by atoms with Gasteiger partial charge < -0.3 is 15.5 Å². The number of hydrogen-bond acceptors (Lipinski definition) is 8. The lowest BCUT2D eigenvalue weighted by molar-refractivity contribution is -0.429. The lowest BCUT2D eigenvalue weighted by atomic mass is 10.2. The van der Waals surface area contributed by atoms with E-state index in [1.807, 2.05) is 0 Å². The molecule has 0 aliphatic rings. The van der Waals surface area contributed by atoms with Gasteiger partial charge in [-0.15, -0.1) is 0 Å². The molecule has 1 aromatic carbocycles. The van der Waals surface area contributed by atoms with Crippen LogP contribution in [0.2, 0.25) is 0 Å². The molecule has 0 saturated heterocycles. The molecule has 2 unspecified atom stereocenters. The molecule has 1 aromatic heterocycles. The summed E-state index contributed by atoms with van der Waals surface area (Å²) >= 11 is 0. The van der Waals surface area contributed by atoms with Crippen LogP contribution in [0.1, 0.15) is 13.3 Å². The number of aromatic amines is 1. The van der Waals surface area contributed by atoms with Crippen molar-refractivity contribution in [2.45, 2.75) is 25.7 Å². The van der Waals surface area contributed by atoms with Gasteiger partial charge in [-0.05, 0) is 19.1 Å². The molecule has 0 spiro atoms. The van der Waals surface area contributed by atoms with Crippen molar-refractivity contribution < 1.29 is 15.1 Å². The largest absolute Gasteiger partial charge is 0.390 e. The number of hydrogen-bond donors (Lipinski definition) is 5. The van der Waals surface area contributed by atoms with Crippen LogP contribution >= 0.6 is 0 Å². The second-order valence-electron chi connectivity index (χ2n) is 5.65. The van der Waals surface area contributed by atoms with Crippen molar-refractivity contribution in [2.75, 3.05) is 18.4 Å². The number of aromatic nitrogens is 2. The Kier molecular flexibility index (Phi) is 6.78. The number of aliphatic hydroxyl groups is 2. The number of H-pyrrole nitrogens is 1. The van der Waals surface area contributed by atoms with Gasteiger partial charge in [0.2, 0.25) is 5.70 Å². The number of anilines is 1. The smallest absolute Gasteiger partial charge is 0.272 e. The van der Waals surface area contributed by atoms with Crippen LogP contribution in [-0.2, 0) is 0 Å². The summed E-state index contributed by atoms with van der Waals surface area (Å²) in [6.07, 6.45) is -0.888. The lowest BCUT2D eigenvalue weighted by Crippen LogP contribution is -2.39. The van der Waals surface area contributed by atoms with E-state index in [0.717, 1.165) is 0 Å². The van der Waals surface area contributed by atoms with Crippen molar-refractivity contribution in [3.05, 3.63) is 56.5 Å². The molecule has 10 heteroatoms. The number of benzene rings is 1. The lowest BCUT2D eigenvalue weighted by Gasteiger charge is -2.16. The Morgan fingerprint density at radius 2 is 2.04 bits per heavy atom. The molecular weight excluding hydrogens is 342 g/mol. The Morgan fingerprint density at radius 3 is 2.69 bits per heavy atom. The highest BCUT2D eigenvalue weighted by molar-refractivity contribution is 5.90. The van der Waals surface area contributed by atoms with Gasteiger partial charge in [-0.1, -0.05) is 18.2 Å². The average Bonchev–Trinajstić information content (AvgIpc) is 2.64. The fourth-order valence-corrected chi connectivity index (χ4v) is 2.38. The van der Waals surface area contributed by atoms with E-state index >= 15 is 0 Å². The first-order valence-electron chi connectivity index (χ1n) is 8.02. The predicted molar refractivity (Wildman–Crippen MR) is 96.2 cm³/mol. The molecule has 0 bridgehead atoms. The summed E-state index contributed by atoms with van der Waals surface area (Å²) in [5, 5.41) is 43.4. The Hall–Kier alpha value is -2.82. The summed E-state index contributed by atoms with van der Waals surface area (Å²) in [4.78, 5) is 21.9. The number of fused-ring (bicyclic) bond motifs is 1. The molecule has 5 N–H and O–H groups in total. The van der Waals surface area contributed by atoms with Crippen molar-refractivity contribution in [1.29, 1.82) is 0 Å². The number of aliphatic hydroxyl groups excluding tert-OH is 2. The second-order valence-corrected chi connectivity index (χ2v) is 5.65. The van der Waals surface area contributed by atoms with E-state index in [2.05, 4.69) is 20.8 Å². The zero-order chi connectivity index (χ0) is 19.1. The quantitative estimate of drug-likeness (QED) is 0.240. The highest BCUT2D eigenvalue weighted by Gasteiger charge is 2.16. The van der Waals surface area contributed by atoms with Gasteiger partial charge in [0, 0.05) is 18.5 Å². The maximum absolute atomic E-state index is 11.7. The van der Waals surface area contributed by atoms with Gasteiger partial charge in [0.05, 0.1) is 22.8 Å². The van der Waals surface area contributed by atoms with Gasteiger partial charge >= 0.3 is 0 Å². The molecule has 26 heavy (non-hydrogen) atoms. The maximum Gasteiger partial charge on any atom is 0.272 e. The number of rotatable bonds is 9. The highest BCUT2D eigenvalue weighted by atomic mass is 16.6. The predicted octanol–water partition coefficient (Wildman–Crippen LogP) is 0.174. The number of allylic oxidation sites excluding steroid dienone is 1. The van der Waals surface area contributed by atoms with Gasteiger partial charge in [-0.25, -0.2) is 5.10 Å². The maximum atomic E-state index is 11.7. The van der Waals surface area contributed by atoms with Crippen LogP contribution < -0.4 is 16.2 Å². The molecular formula is C16H21N5O5. The van der Waals surface area contributed by atoms with E-state index in [-0.39, 0.29) is 30.8 Å². The molecule has 10 nitrogen and oxygen atoms in total. The van der Waals surface area contributed by atoms with Crippen LogP contribution in [0.3, 0.4) is 0 Å². The van der Waals surface area contributed by atoms with Crippen LogP contribution in [0.5, 0.6) is 0 Å². The summed E-state index contributed by atoms with van der Waals surface area (Å²) < 4.78 is 0. The van der Waals surface area contributed by atoms with Gasteiger partial charge in [0.1, 0.15) is 6.23 Å². The van der Waals surface area contributed by atoms with Gasteiger partial charge in [0.25, 0.3) is 5.56 Å². The molecule has 2 atom stereocenters. The average molecular weight is 363 g/mol. The topological polar surface area (TPSA) is 153 Å². The van der Waals surface area contributed by atoms with Crippen LogP contribution in [-0.4, -0.2) is 50.8 Å². The van der Waals surface area contributed by atoms with Gasteiger partial charge in [0.15, 0.2) is 5.82 Å². The summed E-state index contributed by atoms with van der Waals surface area (Å²) in [7, 11) is 0. The fourth-order valence-electron chi connectivity index (χ4n) is 2.38. The molecule has 1 heterocycles. The second kappa shape index (κ2) is 9.04. The molecule has 0 amide bonds. The number of nitrogens with zero attached hydrogens (tertiary/aromatic N) is 2. The Balaban J connectivity index is 1.88. The highest BCUT2D eigenvalue weighted by Crippen LogP contribution is 2.16. The van der Waals surface area contributed by atoms with E-state index in [0.29, 0.717) is 16.6 Å². The zero-order valence-corrected chi connectivity index (χ0v) is 14.2. The monoisotopic (exact) mass is 363 g/mol. The van der Waals surface area contributed by atoms with Crippen molar-refractivity contribution in [3.63, 3.8) is 0 Å². The minimum Gasteiger partial charge on any atom is -0.390 e. The SMILES string of the molecule is C/C=C(\CC(O)NCC(O)CNc1n[nH]c(=O)c2ccccc12)[N+](=O)[O-]. The van der Waals surface area contributed by atoms with Crippen molar-refractivity contribution >= 4 is 16.6 Å². The van der Waals surface area contributed by atoms with E-state index in [1.54, 1.807) is 24.3 Å². The van der Waals surface area contributed by atoms with Gasteiger partial charge in [-0.3, -0.25) is 20.2 Å². The molecule has 2 aromatic rings. The fraction of sp³-hybridized carbons (Fsp3) is 0.375. The zero-order valence-electron chi connectivity index (χ0n) is 14.2. The number of nitrogens with one attached hydrogen (secondary N) is 3. The number of nitro groups is 1. The minimum atomic E-state index is -1.15. The molecule has 2 rings (SSSR count).